The van der Waals surface area contributed by atoms with Crippen LogP contribution in [0.2, 0.25) is 0 Å². The summed E-state index contributed by atoms with van der Waals surface area (Å²) in [6, 6.07) is 2.74. The lowest BCUT2D eigenvalue weighted by atomic mass is 10.1. The number of carbonyl (C=O) groups excluding carboxylic acids is 1. The van der Waals surface area contributed by atoms with E-state index in [1.165, 1.54) is 18.2 Å². The third-order valence-electron chi connectivity index (χ3n) is 1.73. The lowest BCUT2D eigenvalue weighted by molar-refractivity contribution is 0.562. The number of nitrogens with zero attached hydrogens (tertiary/aromatic N) is 1. The highest BCUT2D eigenvalue weighted by Crippen LogP contribution is 2.21. The molecule has 0 N–H and O–H groups in total. The lowest BCUT2D eigenvalue weighted by Crippen LogP contribution is -1.90. The van der Waals surface area contributed by atoms with Gasteiger partial charge in [0.1, 0.15) is 5.82 Å². The van der Waals surface area contributed by atoms with Crippen LogP contribution in [-0.4, -0.2) is 6.08 Å². The molecule has 0 aliphatic heterocycles. The molecular formula is C9H7BrFNO. The number of benzene rings is 1. The zero-order valence-electron chi connectivity index (χ0n) is 6.97. The second kappa shape index (κ2) is 4.30. The summed E-state index contributed by atoms with van der Waals surface area (Å²) < 4.78 is 13.5. The van der Waals surface area contributed by atoms with Gasteiger partial charge in [-0.05, 0) is 30.2 Å². The maximum Gasteiger partial charge on any atom is 0.235 e. The van der Waals surface area contributed by atoms with Gasteiger partial charge < -0.3 is 0 Å². The Morgan fingerprint density at radius 3 is 2.92 bits per heavy atom. The Morgan fingerprint density at radius 1 is 1.62 bits per heavy atom. The molecule has 2 nitrogen and oxygen atoms in total. The highest BCUT2D eigenvalue weighted by molar-refractivity contribution is 9.10. The summed E-state index contributed by atoms with van der Waals surface area (Å²) in [4.78, 5) is 13.3. The maximum absolute atomic E-state index is 12.9. The van der Waals surface area contributed by atoms with Gasteiger partial charge >= 0.3 is 0 Å². The summed E-state index contributed by atoms with van der Waals surface area (Å²) in [5, 5.41) is 0. The fraction of sp³-hybridized carbons (Fsp3) is 0.222. The molecule has 0 aromatic heterocycles. The molecule has 1 aromatic carbocycles. The molecule has 0 aliphatic rings. The Hall–Kier alpha value is -0.990. The van der Waals surface area contributed by atoms with Crippen molar-refractivity contribution < 1.29 is 9.18 Å². The van der Waals surface area contributed by atoms with E-state index in [-0.39, 0.29) is 12.4 Å². The van der Waals surface area contributed by atoms with Gasteiger partial charge in [-0.15, -0.1) is 0 Å². The molecule has 0 aliphatic carbocycles. The van der Waals surface area contributed by atoms with E-state index in [4.69, 9.17) is 0 Å². The predicted octanol–water partition coefficient (Wildman–Crippen LogP) is 2.73. The van der Waals surface area contributed by atoms with Crippen molar-refractivity contribution in [3.63, 3.8) is 0 Å². The number of hydrogen-bond acceptors (Lipinski definition) is 2. The van der Waals surface area contributed by atoms with Gasteiger partial charge in [-0.3, -0.25) is 0 Å². The second-order valence-corrected chi connectivity index (χ2v) is 3.43. The van der Waals surface area contributed by atoms with Crippen molar-refractivity contribution in [3.8, 4) is 0 Å². The Balaban J connectivity index is 3.12. The minimum Gasteiger partial charge on any atom is -0.211 e. The van der Waals surface area contributed by atoms with Crippen molar-refractivity contribution in [2.24, 2.45) is 4.99 Å². The molecule has 68 valence electrons. The first kappa shape index (κ1) is 10.1. The standard InChI is InChI=1S/C9H7BrFNO/c1-6-7(4-12-5-13)2-8(11)3-9(6)10/h2-3H,4H2,1H3. The van der Waals surface area contributed by atoms with E-state index in [0.29, 0.717) is 10.0 Å². The van der Waals surface area contributed by atoms with Gasteiger partial charge in [0, 0.05) is 4.47 Å². The van der Waals surface area contributed by atoms with E-state index in [1.54, 1.807) is 0 Å². The summed E-state index contributed by atoms with van der Waals surface area (Å²) in [5.41, 5.74) is 1.58. The number of hydrogen-bond donors (Lipinski definition) is 0. The molecule has 0 heterocycles. The van der Waals surface area contributed by atoms with Crippen LogP contribution >= 0.6 is 15.9 Å². The first-order valence-corrected chi connectivity index (χ1v) is 4.42. The fourth-order valence-corrected chi connectivity index (χ4v) is 1.45. The highest BCUT2D eigenvalue weighted by atomic mass is 79.9. The van der Waals surface area contributed by atoms with Crippen molar-refractivity contribution >= 4 is 22.0 Å². The molecule has 0 saturated carbocycles. The zero-order chi connectivity index (χ0) is 9.84. The van der Waals surface area contributed by atoms with Crippen molar-refractivity contribution in [2.45, 2.75) is 13.5 Å². The molecule has 0 amide bonds. The largest absolute Gasteiger partial charge is 0.235 e. The molecule has 0 unspecified atom stereocenters. The molecule has 13 heavy (non-hydrogen) atoms. The molecule has 0 bridgehead atoms. The molecular weight excluding hydrogens is 237 g/mol. The average Bonchev–Trinajstić information content (AvgIpc) is 2.09. The molecule has 0 spiro atoms. The minimum absolute atomic E-state index is 0.172. The average molecular weight is 244 g/mol. The first-order chi connectivity index (χ1) is 6.15. The van der Waals surface area contributed by atoms with E-state index >= 15 is 0 Å². The predicted molar refractivity (Wildman–Crippen MR) is 50.7 cm³/mol. The minimum atomic E-state index is -0.339. The number of aliphatic imine (C=N–C) groups is 1. The van der Waals surface area contributed by atoms with E-state index in [0.717, 1.165) is 5.56 Å². The van der Waals surface area contributed by atoms with Crippen LogP contribution in [0, 0.1) is 12.7 Å². The molecule has 0 fully saturated rings. The molecule has 0 atom stereocenters. The van der Waals surface area contributed by atoms with Crippen LogP contribution in [0.15, 0.2) is 21.6 Å². The van der Waals surface area contributed by atoms with Crippen LogP contribution < -0.4 is 0 Å². The van der Waals surface area contributed by atoms with Gasteiger partial charge in [0.15, 0.2) is 0 Å². The molecule has 0 saturated heterocycles. The first-order valence-electron chi connectivity index (χ1n) is 3.63. The molecule has 1 rings (SSSR count). The fourth-order valence-electron chi connectivity index (χ4n) is 0.981. The Labute approximate surface area is 83.6 Å². The molecule has 1 aromatic rings. The van der Waals surface area contributed by atoms with Crippen LogP contribution in [0.5, 0.6) is 0 Å². The van der Waals surface area contributed by atoms with E-state index in [2.05, 4.69) is 20.9 Å². The zero-order valence-corrected chi connectivity index (χ0v) is 8.56. The van der Waals surface area contributed by atoms with Gasteiger partial charge in [0.2, 0.25) is 6.08 Å². The number of halogens is 2. The summed E-state index contributed by atoms with van der Waals surface area (Å²) in [5.74, 6) is -0.339. The van der Waals surface area contributed by atoms with Gasteiger partial charge in [0.05, 0.1) is 6.54 Å². The van der Waals surface area contributed by atoms with Gasteiger partial charge in [-0.1, -0.05) is 15.9 Å². The number of isocyanates is 1. The van der Waals surface area contributed by atoms with Crippen LogP contribution in [0.1, 0.15) is 11.1 Å². The smallest absolute Gasteiger partial charge is 0.211 e. The highest BCUT2D eigenvalue weighted by Gasteiger charge is 2.04. The molecule has 4 heteroatoms. The van der Waals surface area contributed by atoms with E-state index < -0.39 is 0 Å². The normalized spacial score (nSPS) is 9.46. The summed E-state index contributed by atoms with van der Waals surface area (Å²) in [7, 11) is 0. The summed E-state index contributed by atoms with van der Waals surface area (Å²) in [6.07, 6.45) is 1.42. The van der Waals surface area contributed by atoms with Crippen molar-refractivity contribution in [2.75, 3.05) is 0 Å². The van der Waals surface area contributed by atoms with Crippen LogP contribution in [0.3, 0.4) is 0 Å². The topological polar surface area (TPSA) is 29.4 Å². The van der Waals surface area contributed by atoms with Crippen molar-refractivity contribution in [3.05, 3.63) is 33.5 Å². The quantitative estimate of drug-likeness (QED) is 0.581. The van der Waals surface area contributed by atoms with Crippen LogP contribution in [0.4, 0.5) is 4.39 Å². The summed E-state index contributed by atoms with van der Waals surface area (Å²) in [6.45, 7) is 2.00. The van der Waals surface area contributed by atoms with E-state index in [9.17, 15) is 9.18 Å². The van der Waals surface area contributed by atoms with Crippen molar-refractivity contribution in [1.82, 2.24) is 0 Å². The lowest BCUT2D eigenvalue weighted by Gasteiger charge is -2.04. The Morgan fingerprint density at radius 2 is 2.31 bits per heavy atom. The SMILES string of the molecule is Cc1c(Br)cc(F)cc1CN=C=O. The Bertz CT molecular complexity index is 372. The van der Waals surface area contributed by atoms with Crippen LogP contribution in [-0.2, 0) is 11.3 Å². The van der Waals surface area contributed by atoms with E-state index in [1.807, 2.05) is 6.92 Å². The third kappa shape index (κ3) is 2.47. The number of rotatable bonds is 2. The Kier molecular flexibility index (Phi) is 3.34. The third-order valence-corrected chi connectivity index (χ3v) is 2.55. The van der Waals surface area contributed by atoms with Crippen molar-refractivity contribution in [1.29, 1.82) is 0 Å². The van der Waals surface area contributed by atoms with Gasteiger partial charge in [0.25, 0.3) is 0 Å². The summed E-state index contributed by atoms with van der Waals surface area (Å²) >= 11 is 3.21. The maximum atomic E-state index is 12.9. The monoisotopic (exact) mass is 243 g/mol. The second-order valence-electron chi connectivity index (χ2n) is 2.58. The molecule has 0 radical (unpaired) electrons. The van der Waals surface area contributed by atoms with Crippen LogP contribution in [0.25, 0.3) is 0 Å². The van der Waals surface area contributed by atoms with Gasteiger partial charge in [-0.25, -0.2) is 14.2 Å². The van der Waals surface area contributed by atoms with Gasteiger partial charge in [-0.2, -0.15) is 0 Å².